The average molecular weight is 471 g/mol. The fourth-order valence-corrected chi connectivity index (χ4v) is 2.66. The molecule has 0 aliphatic carbocycles. The molecule has 0 unspecified atom stereocenters. The van der Waals surface area contributed by atoms with Crippen LogP contribution in [0.15, 0.2) is 58.7 Å². The van der Waals surface area contributed by atoms with Crippen LogP contribution >= 0.6 is 0 Å². The predicted molar refractivity (Wildman–Crippen MR) is 129 cm³/mol. The quantitative estimate of drug-likeness (QED) is 0.343. The van der Waals surface area contributed by atoms with Gasteiger partial charge in [-0.1, -0.05) is 13.8 Å². The first kappa shape index (κ1) is 26.2. The summed E-state index contributed by atoms with van der Waals surface area (Å²) < 4.78 is 21.0. The second-order valence-corrected chi connectivity index (χ2v) is 6.82. The molecule has 10 nitrogen and oxygen atoms in total. The molecular weight excluding hydrogens is 440 g/mol. The number of carbonyl (C=O) groups is 2. The largest absolute Gasteiger partial charge is 0.497 e. The first-order valence-electron chi connectivity index (χ1n) is 10.7. The summed E-state index contributed by atoms with van der Waals surface area (Å²) in [5.74, 6) is 1.61. The molecule has 2 N–H and O–H groups in total. The number of hydrazone groups is 2. The molecule has 2 aromatic rings. The molecule has 0 aliphatic rings. The van der Waals surface area contributed by atoms with Crippen molar-refractivity contribution in [1.29, 1.82) is 0 Å². The Morgan fingerprint density at radius 1 is 0.647 bits per heavy atom. The van der Waals surface area contributed by atoms with Crippen molar-refractivity contribution in [2.45, 2.75) is 26.7 Å². The Morgan fingerprint density at radius 2 is 0.971 bits per heavy atom. The van der Waals surface area contributed by atoms with Gasteiger partial charge in [0.15, 0.2) is 13.2 Å². The summed E-state index contributed by atoms with van der Waals surface area (Å²) >= 11 is 0. The maximum absolute atomic E-state index is 12.1. The molecule has 0 fully saturated rings. The van der Waals surface area contributed by atoms with Crippen LogP contribution in [0, 0.1) is 0 Å². The normalized spacial score (nSPS) is 11.4. The van der Waals surface area contributed by atoms with Gasteiger partial charge in [-0.25, -0.2) is 10.9 Å². The van der Waals surface area contributed by atoms with Gasteiger partial charge in [0, 0.05) is 0 Å². The maximum Gasteiger partial charge on any atom is 0.277 e. The molecule has 0 aliphatic heterocycles. The lowest BCUT2D eigenvalue weighted by atomic mass is 10.1. The first-order chi connectivity index (χ1) is 16.5. The van der Waals surface area contributed by atoms with E-state index in [1.54, 1.807) is 62.8 Å². The van der Waals surface area contributed by atoms with Gasteiger partial charge in [-0.05, 0) is 61.4 Å². The van der Waals surface area contributed by atoms with Crippen molar-refractivity contribution in [3.8, 4) is 23.0 Å². The number of carbonyl (C=O) groups excluding carboxylic acids is 2. The number of methoxy groups -OCH3 is 2. The van der Waals surface area contributed by atoms with Crippen LogP contribution in [-0.4, -0.2) is 50.7 Å². The molecule has 0 saturated carbocycles. The van der Waals surface area contributed by atoms with E-state index in [9.17, 15) is 9.59 Å². The second kappa shape index (κ2) is 14.1. The van der Waals surface area contributed by atoms with Crippen LogP contribution in [0.3, 0.4) is 0 Å². The highest BCUT2D eigenvalue weighted by molar-refractivity contribution is 6.42. The topological polar surface area (TPSA) is 120 Å². The van der Waals surface area contributed by atoms with E-state index >= 15 is 0 Å². The van der Waals surface area contributed by atoms with E-state index in [0.717, 1.165) is 0 Å². The van der Waals surface area contributed by atoms with Crippen LogP contribution in [0.2, 0.25) is 0 Å². The molecule has 2 aromatic carbocycles. The third kappa shape index (κ3) is 8.81. The third-order valence-electron chi connectivity index (χ3n) is 4.49. The van der Waals surface area contributed by atoms with E-state index in [-0.39, 0.29) is 13.2 Å². The zero-order chi connectivity index (χ0) is 24.8. The minimum absolute atomic E-state index is 0.204. The molecular formula is C24H30N4O6. The number of benzene rings is 2. The SMILES string of the molecule is CCC(=N/NC(=O)COc1ccc(OC)cc1)/C(CC)=N\NC(=O)COc1ccc(OC)cc1. The van der Waals surface area contributed by atoms with Crippen LogP contribution in [0.1, 0.15) is 26.7 Å². The predicted octanol–water partition coefficient (Wildman–Crippen LogP) is 2.93. The lowest BCUT2D eigenvalue weighted by Gasteiger charge is -2.09. The van der Waals surface area contributed by atoms with Gasteiger partial charge >= 0.3 is 0 Å². The Balaban J connectivity index is 1.84. The smallest absolute Gasteiger partial charge is 0.277 e. The first-order valence-corrected chi connectivity index (χ1v) is 10.7. The fraction of sp³-hybridized carbons (Fsp3) is 0.333. The van der Waals surface area contributed by atoms with E-state index in [2.05, 4.69) is 21.1 Å². The zero-order valence-corrected chi connectivity index (χ0v) is 19.8. The summed E-state index contributed by atoms with van der Waals surface area (Å²) in [6.07, 6.45) is 1.01. The minimum Gasteiger partial charge on any atom is -0.497 e. The molecule has 182 valence electrons. The highest BCUT2D eigenvalue weighted by Crippen LogP contribution is 2.17. The fourth-order valence-electron chi connectivity index (χ4n) is 2.66. The molecule has 2 rings (SSSR count). The molecule has 0 bridgehead atoms. The number of rotatable bonds is 13. The molecule has 0 radical (unpaired) electrons. The highest BCUT2D eigenvalue weighted by atomic mass is 16.5. The highest BCUT2D eigenvalue weighted by Gasteiger charge is 2.09. The molecule has 0 atom stereocenters. The minimum atomic E-state index is -0.422. The average Bonchev–Trinajstić information content (AvgIpc) is 2.88. The van der Waals surface area contributed by atoms with Crippen molar-refractivity contribution in [1.82, 2.24) is 10.9 Å². The summed E-state index contributed by atoms with van der Waals surface area (Å²) in [7, 11) is 3.14. The van der Waals surface area contributed by atoms with Crippen molar-refractivity contribution in [2.75, 3.05) is 27.4 Å². The lowest BCUT2D eigenvalue weighted by molar-refractivity contribution is -0.123. The van der Waals surface area contributed by atoms with Crippen LogP contribution < -0.4 is 29.8 Å². The van der Waals surface area contributed by atoms with Crippen LogP contribution in [0.25, 0.3) is 0 Å². The van der Waals surface area contributed by atoms with Crippen molar-refractivity contribution in [3.63, 3.8) is 0 Å². The standard InChI is InChI=1S/C24H30N4O6/c1-5-21(25-27-23(29)15-33-19-11-7-17(31-3)8-12-19)22(6-2)26-28-24(30)16-34-20-13-9-18(32-4)10-14-20/h7-14H,5-6,15-16H2,1-4H3,(H,27,29)(H,28,30)/b25-21-,26-22-. The number of nitrogens with zero attached hydrogens (tertiary/aromatic N) is 2. The van der Waals surface area contributed by atoms with Gasteiger partial charge in [0.1, 0.15) is 23.0 Å². The Kier molecular flexibility index (Phi) is 10.9. The van der Waals surface area contributed by atoms with Gasteiger partial charge in [-0.15, -0.1) is 0 Å². The summed E-state index contributed by atoms with van der Waals surface area (Å²) in [5, 5.41) is 8.27. The molecule has 0 heterocycles. The lowest BCUT2D eigenvalue weighted by Crippen LogP contribution is -2.30. The van der Waals surface area contributed by atoms with Gasteiger partial charge in [-0.2, -0.15) is 10.2 Å². The van der Waals surface area contributed by atoms with E-state index < -0.39 is 11.8 Å². The molecule has 0 saturated heterocycles. The third-order valence-corrected chi connectivity index (χ3v) is 4.49. The number of hydrogen-bond acceptors (Lipinski definition) is 8. The molecule has 10 heteroatoms. The van der Waals surface area contributed by atoms with Crippen LogP contribution in [0.4, 0.5) is 0 Å². The van der Waals surface area contributed by atoms with Crippen molar-refractivity contribution >= 4 is 23.2 Å². The molecule has 0 spiro atoms. The second-order valence-electron chi connectivity index (χ2n) is 6.82. The molecule has 2 amide bonds. The van der Waals surface area contributed by atoms with Crippen molar-refractivity contribution in [3.05, 3.63) is 48.5 Å². The van der Waals surface area contributed by atoms with Gasteiger partial charge in [0.25, 0.3) is 11.8 Å². The Bertz CT molecular complexity index is 906. The van der Waals surface area contributed by atoms with E-state index in [4.69, 9.17) is 18.9 Å². The number of nitrogens with one attached hydrogen (secondary N) is 2. The van der Waals surface area contributed by atoms with Crippen LogP contribution in [-0.2, 0) is 9.59 Å². The summed E-state index contributed by atoms with van der Waals surface area (Å²) in [4.78, 5) is 24.2. The summed E-state index contributed by atoms with van der Waals surface area (Å²) in [6, 6.07) is 13.8. The summed E-state index contributed by atoms with van der Waals surface area (Å²) in [5.41, 5.74) is 5.99. The zero-order valence-electron chi connectivity index (χ0n) is 19.8. The van der Waals surface area contributed by atoms with E-state index in [0.29, 0.717) is 47.3 Å². The number of hydrogen-bond donors (Lipinski definition) is 2. The Hall–Kier alpha value is -4.08. The number of amides is 2. The Morgan fingerprint density at radius 3 is 1.26 bits per heavy atom. The van der Waals surface area contributed by atoms with Crippen molar-refractivity contribution < 1.29 is 28.5 Å². The van der Waals surface area contributed by atoms with E-state index in [1.807, 2.05) is 13.8 Å². The Labute approximate surface area is 198 Å². The van der Waals surface area contributed by atoms with Crippen molar-refractivity contribution in [2.24, 2.45) is 10.2 Å². The maximum atomic E-state index is 12.1. The van der Waals surface area contributed by atoms with Crippen LogP contribution in [0.5, 0.6) is 23.0 Å². The molecule has 0 aromatic heterocycles. The molecule has 34 heavy (non-hydrogen) atoms. The van der Waals surface area contributed by atoms with Gasteiger partial charge in [0.2, 0.25) is 0 Å². The monoisotopic (exact) mass is 470 g/mol. The van der Waals surface area contributed by atoms with Gasteiger partial charge in [-0.3, -0.25) is 9.59 Å². The summed E-state index contributed by atoms with van der Waals surface area (Å²) in [6.45, 7) is 3.34. The van der Waals surface area contributed by atoms with E-state index in [1.165, 1.54) is 0 Å². The van der Waals surface area contributed by atoms with Gasteiger partial charge < -0.3 is 18.9 Å². The van der Waals surface area contributed by atoms with Gasteiger partial charge in [0.05, 0.1) is 25.6 Å². The number of ether oxygens (including phenoxy) is 4.